The Hall–Kier alpha value is -0.850. The van der Waals surface area contributed by atoms with E-state index in [0.717, 1.165) is 18.1 Å². The standard InChI is InChI=1S/C12H17O2P/c1-3-5-11-14-15(13,4-2)12-9-7-6-8-10-12/h4,6-10H,2-3,5,11H2,1H3. The average molecular weight is 224 g/mol. The molecule has 3 heteroatoms. The van der Waals surface area contributed by atoms with Crippen LogP contribution in [0.25, 0.3) is 0 Å². The largest absolute Gasteiger partial charge is 0.322 e. The zero-order valence-electron chi connectivity index (χ0n) is 9.06. The van der Waals surface area contributed by atoms with Crippen molar-refractivity contribution in [1.29, 1.82) is 0 Å². The molecule has 1 aromatic carbocycles. The lowest BCUT2D eigenvalue weighted by molar-refractivity contribution is 0.318. The molecule has 0 aliphatic heterocycles. The Morgan fingerprint density at radius 1 is 1.40 bits per heavy atom. The maximum atomic E-state index is 12.3. The van der Waals surface area contributed by atoms with E-state index < -0.39 is 7.37 Å². The Morgan fingerprint density at radius 3 is 2.60 bits per heavy atom. The molecule has 0 spiro atoms. The van der Waals surface area contributed by atoms with Gasteiger partial charge in [-0.1, -0.05) is 38.1 Å². The second kappa shape index (κ2) is 5.89. The molecule has 1 unspecified atom stereocenters. The van der Waals surface area contributed by atoms with E-state index in [4.69, 9.17) is 4.52 Å². The number of benzene rings is 1. The first-order valence-electron chi connectivity index (χ1n) is 5.16. The van der Waals surface area contributed by atoms with Gasteiger partial charge in [0.05, 0.1) is 6.61 Å². The summed E-state index contributed by atoms with van der Waals surface area (Å²) in [4.78, 5) is 0. The Bertz CT molecular complexity index is 346. The maximum absolute atomic E-state index is 12.3. The van der Waals surface area contributed by atoms with Crippen molar-refractivity contribution in [3.05, 3.63) is 42.7 Å². The molecule has 0 radical (unpaired) electrons. The summed E-state index contributed by atoms with van der Waals surface area (Å²) >= 11 is 0. The molecule has 0 amide bonds. The number of hydrogen-bond donors (Lipinski definition) is 0. The van der Waals surface area contributed by atoms with E-state index in [1.165, 1.54) is 5.82 Å². The molecule has 0 aromatic heterocycles. The molecule has 0 bridgehead atoms. The van der Waals surface area contributed by atoms with Gasteiger partial charge in [0.15, 0.2) is 0 Å². The van der Waals surface area contributed by atoms with Gasteiger partial charge in [0.1, 0.15) is 0 Å². The molecule has 2 nitrogen and oxygen atoms in total. The molecule has 1 rings (SSSR count). The molecule has 0 fully saturated rings. The van der Waals surface area contributed by atoms with E-state index in [9.17, 15) is 4.57 Å². The fraction of sp³-hybridized carbons (Fsp3) is 0.333. The average Bonchev–Trinajstić information content (AvgIpc) is 2.30. The molecule has 0 N–H and O–H groups in total. The zero-order chi connectivity index (χ0) is 11.1. The SMILES string of the molecule is C=CP(=O)(OCCCC)c1ccccc1. The minimum Gasteiger partial charge on any atom is -0.322 e. The van der Waals surface area contributed by atoms with Crippen LogP contribution in [0.3, 0.4) is 0 Å². The van der Waals surface area contributed by atoms with Crippen LogP contribution in [0.2, 0.25) is 0 Å². The normalized spacial score (nSPS) is 14.5. The minimum absolute atomic E-state index is 0.523. The van der Waals surface area contributed by atoms with Crippen molar-refractivity contribution in [2.75, 3.05) is 6.61 Å². The van der Waals surface area contributed by atoms with Gasteiger partial charge in [-0.25, -0.2) is 0 Å². The predicted molar refractivity (Wildman–Crippen MR) is 64.7 cm³/mol. The van der Waals surface area contributed by atoms with Gasteiger partial charge >= 0.3 is 0 Å². The second-order valence-corrected chi connectivity index (χ2v) is 5.64. The Balaban J connectivity index is 2.77. The lowest BCUT2D eigenvalue weighted by Crippen LogP contribution is -2.05. The van der Waals surface area contributed by atoms with Crippen LogP contribution in [0.15, 0.2) is 42.7 Å². The van der Waals surface area contributed by atoms with Gasteiger partial charge in [0, 0.05) is 5.30 Å². The summed E-state index contributed by atoms with van der Waals surface area (Å²) in [6.07, 6.45) is 1.95. The summed E-state index contributed by atoms with van der Waals surface area (Å²) in [5.41, 5.74) is 0. The van der Waals surface area contributed by atoms with E-state index in [2.05, 4.69) is 13.5 Å². The first-order valence-corrected chi connectivity index (χ1v) is 6.86. The predicted octanol–water partition coefficient (Wildman–Crippen LogP) is 3.55. The second-order valence-electron chi connectivity index (χ2n) is 3.30. The molecule has 15 heavy (non-hydrogen) atoms. The summed E-state index contributed by atoms with van der Waals surface area (Å²) in [5.74, 6) is 1.43. The lowest BCUT2D eigenvalue weighted by atomic mass is 10.4. The van der Waals surface area contributed by atoms with Gasteiger partial charge in [0.2, 0.25) is 0 Å². The first-order chi connectivity index (χ1) is 7.23. The van der Waals surface area contributed by atoms with Crippen LogP contribution in [-0.2, 0) is 9.09 Å². The smallest absolute Gasteiger partial charge is 0.253 e. The molecule has 82 valence electrons. The van der Waals surface area contributed by atoms with Crippen LogP contribution < -0.4 is 5.30 Å². The Labute approximate surface area is 91.4 Å². The molecule has 0 aliphatic carbocycles. The van der Waals surface area contributed by atoms with Crippen molar-refractivity contribution in [2.24, 2.45) is 0 Å². The van der Waals surface area contributed by atoms with E-state index in [1.807, 2.05) is 30.3 Å². The highest BCUT2D eigenvalue weighted by atomic mass is 31.2. The van der Waals surface area contributed by atoms with Crippen molar-refractivity contribution in [1.82, 2.24) is 0 Å². The van der Waals surface area contributed by atoms with E-state index in [-0.39, 0.29) is 0 Å². The van der Waals surface area contributed by atoms with Crippen molar-refractivity contribution in [2.45, 2.75) is 19.8 Å². The molecular weight excluding hydrogens is 207 g/mol. The van der Waals surface area contributed by atoms with Gasteiger partial charge in [-0.05, 0) is 24.4 Å². The zero-order valence-corrected chi connectivity index (χ0v) is 9.95. The van der Waals surface area contributed by atoms with Crippen LogP contribution in [0.5, 0.6) is 0 Å². The number of unbranched alkanes of at least 4 members (excludes halogenated alkanes) is 1. The maximum Gasteiger partial charge on any atom is 0.253 e. The van der Waals surface area contributed by atoms with Gasteiger partial charge in [-0.3, -0.25) is 4.57 Å². The molecule has 1 atom stereocenters. The summed E-state index contributed by atoms with van der Waals surface area (Å²) in [6, 6.07) is 9.23. The monoisotopic (exact) mass is 224 g/mol. The minimum atomic E-state index is -2.82. The topological polar surface area (TPSA) is 26.3 Å². The lowest BCUT2D eigenvalue weighted by Gasteiger charge is -2.14. The van der Waals surface area contributed by atoms with Crippen molar-refractivity contribution in [3.8, 4) is 0 Å². The molecule has 0 heterocycles. The molecule has 1 aromatic rings. The van der Waals surface area contributed by atoms with E-state index in [0.29, 0.717) is 6.61 Å². The van der Waals surface area contributed by atoms with Gasteiger partial charge in [-0.2, -0.15) is 0 Å². The fourth-order valence-electron chi connectivity index (χ4n) is 1.21. The van der Waals surface area contributed by atoms with Crippen LogP contribution in [-0.4, -0.2) is 6.61 Å². The highest BCUT2D eigenvalue weighted by Crippen LogP contribution is 2.46. The number of hydrogen-bond acceptors (Lipinski definition) is 2. The van der Waals surface area contributed by atoms with Crippen LogP contribution in [0, 0.1) is 0 Å². The van der Waals surface area contributed by atoms with Gasteiger partial charge < -0.3 is 4.52 Å². The van der Waals surface area contributed by atoms with Gasteiger partial charge in [-0.15, -0.1) is 0 Å². The van der Waals surface area contributed by atoms with Crippen LogP contribution in [0.4, 0.5) is 0 Å². The molecule has 0 saturated heterocycles. The molecule has 0 aliphatic rings. The van der Waals surface area contributed by atoms with Crippen molar-refractivity contribution < 1.29 is 9.09 Å². The molecule has 0 saturated carbocycles. The fourth-order valence-corrected chi connectivity index (χ4v) is 2.67. The summed E-state index contributed by atoms with van der Waals surface area (Å²) in [5, 5.41) is 0.719. The Morgan fingerprint density at radius 2 is 2.07 bits per heavy atom. The van der Waals surface area contributed by atoms with Gasteiger partial charge in [0.25, 0.3) is 7.37 Å². The van der Waals surface area contributed by atoms with E-state index >= 15 is 0 Å². The molecular formula is C12H17O2P. The number of rotatable bonds is 6. The highest BCUT2D eigenvalue weighted by Gasteiger charge is 2.20. The third-order valence-electron chi connectivity index (χ3n) is 2.14. The van der Waals surface area contributed by atoms with Crippen LogP contribution >= 0.6 is 7.37 Å². The Kier molecular flexibility index (Phi) is 4.80. The first kappa shape index (κ1) is 12.2. The van der Waals surface area contributed by atoms with Crippen molar-refractivity contribution in [3.63, 3.8) is 0 Å². The highest BCUT2D eigenvalue weighted by molar-refractivity contribution is 7.69. The third-order valence-corrected chi connectivity index (χ3v) is 4.20. The summed E-state index contributed by atoms with van der Waals surface area (Å²) < 4.78 is 17.8. The third kappa shape index (κ3) is 3.33. The summed E-state index contributed by atoms with van der Waals surface area (Å²) in [7, 11) is -2.82. The van der Waals surface area contributed by atoms with E-state index in [1.54, 1.807) is 0 Å². The quantitative estimate of drug-likeness (QED) is 0.545. The van der Waals surface area contributed by atoms with Crippen molar-refractivity contribution >= 4 is 12.7 Å². The summed E-state index contributed by atoms with van der Waals surface area (Å²) in [6.45, 7) is 6.20. The van der Waals surface area contributed by atoms with Crippen LogP contribution in [0.1, 0.15) is 19.8 Å².